The lowest BCUT2D eigenvalue weighted by Crippen LogP contribution is -2.41. The summed E-state index contributed by atoms with van der Waals surface area (Å²) in [4.78, 5) is 6.83. The van der Waals surface area contributed by atoms with Gasteiger partial charge in [-0.2, -0.15) is 0 Å². The lowest BCUT2D eigenvalue weighted by Gasteiger charge is -2.38. The fourth-order valence-electron chi connectivity index (χ4n) is 4.89. The summed E-state index contributed by atoms with van der Waals surface area (Å²) in [5.74, 6) is 0.703. The van der Waals surface area contributed by atoms with Crippen molar-refractivity contribution >= 4 is 11.4 Å². The number of nitrogens with one attached hydrogen (secondary N) is 1. The number of aryl methyl sites for hydroxylation is 1. The molecular weight excluding hydrogens is 429 g/mol. The average Bonchev–Trinajstić information content (AvgIpc) is 3.16. The van der Waals surface area contributed by atoms with Gasteiger partial charge < -0.3 is 15.5 Å². The van der Waals surface area contributed by atoms with Gasteiger partial charge in [-0.15, -0.1) is 0 Å². The molecule has 0 radical (unpaired) electrons. The number of hydrogen-bond donors (Lipinski definition) is 3. The van der Waals surface area contributed by atoms with Crippen molar-refractivity contribution < 1.29 is 14.6 Å². The van der Waals surface area contributed by atoms with Gasteiger partial charge in [0.25, 0.3) is 0 Å². The first-order chi connectivity index (χ1) is 16.5. The summed E-state index contributed by atoms with van der Waals surface area (Å²) in [5, 5.41) is 25.0. The van der Waals surface area contributed by atoms with Crippen molar-refractivity contribution in [2.45, 2.75) is 45.8 Å². The summed E-state index contributed by atoms with van der Waals surface area (Å²) in [7, 11) is 0. The minimum absolute atomic E-state index is 0.255. The molecule has 2 aromatic rings. The van der Waals surface area contributed by atoms with E-state index in [1.165, 1.54) is 12.1 Å². The normalized spacial score (nSPS) is 19.8. The maximum absolute atomic E-state index is 13.4. The Balaban J connectivity index is 1.57. The molecule has 0 aromatic heterocycles. The second-order valence-corrected chi connectivity index (χ2v) is 8.78. The summed E-state index contributed by atoms with van der Waals surface area (Å²) < 4.78 is 13.4. The molecule has 1 unspecified atom stereocenters. The van der Waals surface area contributed by atoms with Crippen LogP contribution in [0, 0.1) is 5.82 Å². The van der Waals surface area contributed by atoms with Gasteiger partial charge in [0, 0.05) is 24.1 Å². The molecule has 2 aromatic carbocycles. The number of aromatic hydroxyl groups is 1. The number of nitrogens with zero attached hydrogens (tertiary/aromatic N) is 2. The van der Waals surface area contributed by atoms with Crippen LogP contribution in [0.2, 0.25) is 0 Å². The SMILES string of the molecule is C/C=C\C(=C/C)CC1=C2N=C(Cc3ccc(F)cc3)C(O)N2C2=C(N1)c1ccc(O)cc1CC2. The highest BCUT2D eigenvalue weighted by Gasteiger charge is 2.40. The molecule has 0 bridgehead atoms. The molecular formula is C28H28FN3O2. The quantitative estimate of drug-likeness (QED) is 0.544. The molecule has 5 rings (SSSR count). The number of rotatable bonds is 5. The third kappa shape index (κ3) is 3.94. The maximum atomic E-state index is 13.4. The van der Waals surface area contributed by atoms with E-state index in [0.717, 1.165) is 58.0 Å². The van der Waals surface area contributed by atoms with Gasteiger partial charge >= 0.3 is 0 Å². The summed E-state index contributed by atoms with van der Waals surface area (Å²) in [5.41, 5.74) is 7.65. The predicted octanol–water partition coefficient (Wildman–Crippen LogP) is 5.15. The average molecular weight is 458 g/mol. The molecule has 174 valence electrons. The van der Waals surface area contributed by atoms with Crippen molar-refractivity contribution in [3.05, 3.63) is 106 Å². The number of aliphatic hydroxyl groups is 1. The Bertz CT molecular complexity index is 1290. The number of halogens is 1. The van der Waals surface area contributed by atoms with Gasteiger partial charge in [-0.05, 0) is 73.7 Å². The Hall–Kier alpha value is -3.64. The second kappa shape index (κ2) is 8.95. The maximum Gasteiger partial charge on any atom is 0.172 e. The Morgan fingerprint density at radius 2 is 1.97 bits per heavy atom. The first-order valence-corrected chi connectivity index (χ1v) is 11.6. The van der Waals surface area contributed by atoms with Crippen molar-refractivity contribution in [1.29, 1.82) is 0 Å². The van der Waals surface area contributed by atoms with Crippen LogP contribution in [0.3, 0.4) is 0 Å². The molecule has 1 aliphatic carbocycles. The summed E-state index contributed by atoms with van der Waals surface area (Å²) in [6.45, 7) is 4.00. The number of phenols is 1. The number of benzene rings is 2. The van der Waals surface area contributed by atoms with Crippen LogP contribution in [-0.4, -0.2) is 27.1 Å². The van der Waals surface area contributed by atoms with Crippen LogP contribution in [0.1, 0.15) is 43.4 Å². The molecule has 0 saturated carbocycles. The molecule has 2 aliphatic heterocycles. The third-order valence-electron chi connectivity index (χ3n) is 6.57. The molecule has 5 nitrogen and oxygen atoms in total. The molecule has 0 amide bonds. The zero-order chi connectivity index (χ0) is 23.8. The van der Waals surface area contributed by atoms with Crippen LogP contribution in [0.25, 0.3) is 5.70 Å². The Morgan fingerprint density at radius 3 is 2.71 bits per heavy atom. The van der Waals surface area contributed by atoms with E-state index in [1.807, 2.05) is 37.0 Å². The van der Waals surface area contributed by atoms with Crippen LogP contribution in [-0.2, 0) is 12.8 Å². The molecule has 0 saturated heterocycles. The smallest absolute Gasteiger partial charge is 0.172 e. The molecule has 0 fully saturated rings. The van der Waals surface area contributed by atoms with Gasteiger partial charge in [-0.3, -0.25) is 4.90 Å². The number of allylic oxidation sites excluding steroid dienone is 5. The Labute approximate surface area is 199 Å². The number of aliphatic imine (C=N–C) groups is 1. The van der Waals surface area contributed by atoms with E-state index in [0.29, 0.717) is 18.6 Å². The van der Waals surface area contributed by atoms with Gasteiger partial charge in [0.15, 0.2) is 12.0 Å². The minimum atomic E-state index is -0.892. The summed E-state index contributed by atoms with van der Waals surface area (Å²) in [6, 6.07) is 11.8. The summed E-state index contributed by atoms with van der Waals surface area (Å²) >= 11 is 0. The Kier molecular flexibility index (Phi) is 5.84. The topological polar surface area (TPSA) is 68.1 Å². The molecule has 3 N–H and O–H groups in total. The molecule has 34 heavy (non-hydrogen) atoms. The van der Waals surface area contributed by atoms with Crippen LogP contribution >= 0.6 is 0 Å². The largest absolute Gasteiger partial charge is 0.508 e. The first kappa shape index (κ1) is 22.2. The van der Waals surface area contributed by atoms with Gasteiger partial charge in [0.2, 0.25) is 0 Å². The molecule has 6 heteroatoms. The lowest BCUT2D eigenvalue weighted by atomic mass is 9.89. The van der Waals surface area contributed by atoms with Gasteiger partial charge in [0.05, 0.1) is 17.1 Å². The first-order valence-electron chi connectivity index (χ1n) is 11.6. The highest BCUT2D eigenvalue weighted by atomic mass is 19.1. The van der Waals surface area contributed by atoms with E-state index < -0.39 is 6.23 Å². The molecule has 2 heterocycles. The lowest BCUT2D eigenvalue weighted by molar-refractivity contribution is 0.115. The van der Waals surface area contributed by atoms with E-state index >= 15 is 0 Å². The fraction of sp³-hybridized carbons (Fsp3) is 0.250. The van der Waals surface area contributed by atoms with Crippen molar-refractivity contribution in [2.75, 3.05) is 0 Å². The third-order valence-corrected chi connectivity index (χ3v) is 6.57. The summed E-state index contributed by atoms with van der Waals surface area (Å²) in [6.07, 6.45) is 7.83. The number of phenolic OH excluding ortho intramolecular Hbond substituents is 1. The van der Waals surface area contributed by atoms with Crippen molar-refractivity contribution in [3.63, 3.8) is 0 Å². The van der Waals surface area contributed by atoms with Crippen molar-refractivity contribution in [1.82, 2.24) is 10.2 Å². The van der Waals surface area contributed by atoms with Crippen LogP contribution in [0.4, 0.5) is 4.39 Å². The van der Waals surface area contributed by atoms with Gasteiger partial charge in [-0.25, -0.2) is 9.38 Å². The van der Waals surface area contributed by atoms with E-state index in [-0.39, 0.29) is 11.6 Å². The standard InChI is InChI=1S/C28H28FN3O2/c1-3-5-17(4-2)14-23-27-31-24(15-18-6-9-20(29)10-7-18)28(34)32(27)25-13-8-19-16-21(33)11-12-22(19)26(25)30-23/h3-7,9-12,16,28,30,33-34H,8,13-15H2,1-2H3/b5-3-,17-4+. The van der Waals surface area contributed by atoms with E-state index in [1.54, 1.807) is 18.2 Å². The van der Waals surface area contributed by atoms with Gasteiger partial charge in [-0.1, -0.05) is 30.4 Å². The second-order valence-electron chi connectivity index (χ2n) is 8.78. The predicted molar refractivity (Wildman–Crippen MR) is 132 cm³/mol. The highest BCUT2D eigenvalue weighted by molar-refractivity contribution is 5.94. The van der Waals surface area contributed by atoms with Crippen molar-refractivity contribution in [3.8, 4) is 5.75 Å². The molecule has 0 spiro atoms. The van der Waals surface area contributed by atoms with E-state index in [2.05, 4.69) is 17.5 Å². The zero-order valence-electron chi connectivity index (χ0n) is 19.3. The van der Waals surface area contributed by atoms with Crippen LogP contribution in [0.5, 0.6) is 5.75 Å². The number of fused-ring (bicyclic) bond motifs is 4. The minimum Gasteiger partial charge on any atom is -0.508 e. The fourth-order valence-corrected chi connectivity index (χ4v) is 4.89. The van der Waals surface area contributed by atoms with Crippen molar-refractivity contribution in [2.24, 2.45) is 4.99 Å². The van der Waals surface area contributed by atoms with Gasteiger partial charge in [0.1, 0.15) is 11.6 Å². The van der Waals surface area contributed by atoms with Crippen LogP contribution < -0.4 is 5.32 Å². The number of hydrogen-bond acceptors (Lipinski definition) is 5. The van der Waals surface area contributed by atoms with E-state index in [4.69, 9.17) is 4.99 Å². The van der Waals surface area contributed by atoms with Crippen LogP contribution in [0.15, 0.2) is 88.5 Å². The highest BCUT2D eigenvalue weighted by Crippen LogP contribution is 2.42. The molecule has 3 aliphatic rings. The van der Waals surface area contributed by atoms with E-state index in [9.17, 15) is 14.6 Å². The number of aliphatic hydroxyl groups excluding tert-OH is 1. The zero-order valence-corrected chi connectivity index (χ0v) is 19.3. The monoisotopic (exact) mass is 457 g/mol. The molecule has 1 atom stereocenters. The Morgan fingerprint density at radius 1 is 1.18 bits per heavy atom.